The van der Waals surface area contributed by atoms with Crippen molar-refractivity contribution in [2.24, 2.45) is 11.3 Å². The molecule has 0 aromatic rings. The van der Waals surface area contributed by atoms with Gasteiger partial charge in [-0.25, -0.2) is 0 Å². The maximum absolute atomic E-state index is 10.6. The van der Waals surface area contributed by atoms with Crippen LogP contribution in [0.25, 0.3) is 0 Å². The van der Waals surface area contributed by atoms with E-state index in [9.17, 15) is 9.59 Å². The average molecular weight is 170 g/mol. The van der Waals surface area contributed by atoms with Crippen molar-refractivity contribution in [1.82, 2.24) is 0 Å². The van der Waals surface area contributed by atoms with Gasteiger partial charge in [0.25, 0.3) is 0 Å². The molecule has 0 aliphatic heterocycles. The Bertz CT molecular complexity index is 132. The molecular weight excluding hydrogens is 152 g/mol. The Morgan fingerprint density at radius 2 is 1.33 bits per heavy atom. The monoisotopic (exact) mass is 170 g/mol. The quantitative estimate of drug-likeness (QED) is 0.452. The molecule has 0 heterocycles. The van der Waals surface area contributed by atoms with E-state index in [-0.39, 0.29) is 5.41 Å². The summed E-state index contributed by atoms with van der Waals surface area (Å²) in [7, 11) is 0. The van der Waals surface area contributed by atoms with E-state index in [1.165, 1.54) is 0 Å². The standard InChI is InChI=1S/C10H18O2/c1-4-10(5-2,6-3)9(7-11)8-12/h7-9H,4-6H2,1-3H3. The summed E-state index contributed by atoms with van der Waals surface area (Å²) >= 11 is 0. The second-order valence-electron chi connectivity index (χ2n) is 3.22. The van der Waals surface area contributed by atoms with Gasteiger partial charge in [-0.15, -0.1) is 0 Å². The second kappa shape index (κ2) is 5.07. The number of hydrogen-bond acceptors (Lipinski definition) is 2. The summed E-state index contributed by atoms with van der Waals surface area (Å²) in [6.07, 6.45) is 4.24. The van der Waals surface area contributed by atoms with Gasteiger partial charge in [0.2, 0.25) is 0 Å². The summed E-state index contributed by atoms with van der Waals surface area (Å²) in [6.45, 7) is 6.10. The predicted molar refractivity (Wildman–Crippen MR) is 48.9 cm³/mol. The molecule has 0 aliphatic carbocycles. The molecular formula is C10H18O2. The molecule has 0 radical (unpaired) electrons. The fourth-order valence-electron chi connectivity index (χ4n) is 1.78. The normalized spacial score (nSPS) is 11.7. The van der Waals surface area contributed by atoms with Crippen LogP contribution in [0.3, 0.4) is 0 Å². The third-order valence-electron chi connectivity index (χ3n) is 3.11. The fraction of sp³-hybridized carbons (Fsp3) is 0.800. The van der Waals surface area contributed by atoms with E-state index in [1.807, 2.05) is 20.8 Å². The number of aldehydes is 2. The molecule has 0 saturated heterocycles. The first kappa shape index (κ1) is 11.3. The van der Waals surface area contributed by atoms with Gasteiger partial charge in [-0.2, -0.15) is 0 Å². The molecule has 0 aromatic heterocycles. The van der Waals surface area contributed by atoms with Gasteiger partial charge in [-0.3, -0.25) is 0 Å². The van der Waals surface area contributed by atoms with Gasteiger partial charge in [-0.05, 0) is 24.7 Å². The van der Waals surface area contributed by atoms with Crippen LogP contribution in [-0.4, -0.2) is 12.6 Å². The van der Waals surface area contributed by atoms with Crippen LogP contribution in [0.2, 0.25) is 0 Å². The van der Waals surface area contributed by atoms with Crippen molar-refractivity contribution in [3.05, 3.63) is 0 Å². The fourth-order valence-corrected chi connectivity index (χ4v) is 1.78. The van der Waals surface area contributed by atoms with Crippen molar-refractivity contribution in [2.75, 3.05) is 0 Å². The van der Waals surface area contributed by atoms with Gasteiger partial charge in [0, 0.05) is 0 Å². The highest BCUT2D eigenvalue weighted by atomic mass is 16.1. The molecule has 0 saturated carbocycles. The number of carbonyl (C=O) groups is 2. The molecule has 2 heteroatoms. The molecule has 2 nitrogen and oxygen atoms in total. The minimum Gasteiger partial charge on any atom is -0.303 e. The minimum absolute atomic E-state index is 0.0938. The van der Waals surface area contributed by atoms with Crippen LogP contribution in [0.4, 0.5) is 0 Å². The first-order valence-electron chi connectivity index (χ1n) is 4.61. The van der Waals surface area contributed by atoms with Crippen LogP contribution in [0.1, 0.15) is 40.0 Å². The van der Waals surface area contributed by atoms with Gasteiger partial charge >= 0.3 is 0 Å². The lowest BCUT2D eigenvalue weighted by atomic mass is 9.70. The van der Waals surface area contributed by atoms with Crippen LogP contribution in [0, 0.1) is 11.3 Å². The molecule has 0 bridgehead atoms. The Morgan fingerprint density at radius 3 is 1.42 bits per heavy atom. The smallest absolute Gasteiger partial charge is 0.130 e. The maximum atomic E-state index is 10.6. The molecule has 0 unspecified atom stereocenters. The summed E-state index contributed by atoms with van der Waals surface area (Å²) in [5, 5.41) is 0. The largest absolute Gasteiger partial charge is 0.303 e. The zero-order chi connectivity index (χ0) is 9.61. The zero-order valence-electron chi connectivity index (χ0n) is 8.17. The molecule has 70 valence electrons. The molecule has 0 aliphatic rings. The summed E-state index contributed by atoms with van der Waals surface area (Å²) in [5.41, 5.74) is -0.0938. The number of hydrogen-bond donors (Lipinski definition) is 0. The van der Waals surface area contributed by atoms with E-state index >= 15 is 0 Å². The van der Waals surface area contributed by atoms with E-state index < -0.39 is 5.92 Å². The third kappa shape index (κ3) is 1.93. The Balaban J connectivity index is 4.64. The minimum atomic E-state index is -0.419. The van der Waals surface area contributed by atoms with Crippen LogP contribution in [0.15, 0.2) is 0 Å². The number of carbonyl (C=O) groups excluding carboxylic acids is 2. The van der Waals surface area contributed by atoms with Crippen LogP contribution in [-0.2, 0) is 9.59 Å². The van der Waals surface area contributed by atoms with Gasteiger partial charge in [-0.1, -0.05) is 20.8 Å². The first-order valence-corrected chi connectivity index (χ1v) is 4.61. The van der Waals surface area contributed by atoms with Crippen molar-refractivity contribution < 1.29 is 9.59 Å². The summed E-state index contributed by atoms with van der Waals surface area (Å²) < 4.78 is 0. The van der Waals surface area contributed by atoms with Crippen LogP contribution < -0.4 is 0 Å². The molecule has 0 N–H and O–H groups in total. The molecule has 0 fully saturated rings. The first-order chi connectivity index (χ1) is 5.70. The topological polar surface area (TPSA) is 34.1 Å². The lowest BCUT2D eigenvalue weighted by Gasteiger charge is -2.32. The van der Waals surface area contributed by atoms with Crippen molar-refractivity contribution in [1.29, 1.82) is 0 Å². The molecule has 0 spiro atoms. The summed E-state index contributed by atoms with van der Waals surface area (Å²) in [6, 6.07) is 0. The second-order valence-corrected chi connectivity index (χ2v) is 3.22. The van der Waals surface area contributed by atoms with Crippen LogP contribution in [0.5, 0.6) is 0 Å². The molecule has 0 rings (SSSR count). The summed E-state index contributed by atoms with van der Waals surface area (Å²) in [4.78, 5) is 21.3. The molecule has 0 atom stereocenters. The van der Waals surface area contributed by atoms with Crippen molar-refractivity contribution in [2.45, 2.75) is 40.0 Å². The predicted octanol–water partition coefficient (Wildman–Crippen LogP) is 2.22. The molecule has 0 aromatic carbocycles. The Morgan fingerprint density at radius 1 is 1.00 bits per heavy atom. The van der Waals surface area contributed by atoms with E-state index in [0.29, 0.717) is 0 Å². The molecule has 0 amide bonds. The lowest BCUT2D eigenvalue weighted by Crippen LogP contribution is -2.31. The van der Waals surface area contributed by atoms with Crippen LogP contribution >= 0.6 is 0 Å². The highest BCUT2D eigenvalue weighted by Gasteiger charge is 2.33. The summed E-state index contributed by atoms with van der Waals surface area (Å²) in [5.74, 6) is -0.419. The van der Waals surface area contributed by atoms with Gasteiger partial charge in [0.15, 0.2) is 0 Å². The highest BCUT2D eigenvalue weighted by Crippen LogP contribution is 2.36. The van der Waals surface area contributed by atoms with Gasteiger partial charge < -0.3 is 9.59 Å². The Kier molecular flexibility index (Phi) is 4.79. The maximum Gasteiger partial charge on any atom is 0.130 e. The van der Waals surface area contributed by atoms with E-state index in [0.717, 1.165) is 31.8 Å². The number of rotatable bonds is 6. The van der Waals surface area contributed by atoms with E-state index in [4.69, 9.17) is 0 Å². The van der Waals surface area contributed by atoms with E-state index in [1.54, 1.807) is 0 Å². The zero-order valence-corrected chi connectivity index (χ0v) is 8.17. The lowest BCUT2D eigenvalue weighted by molar-refractivity contribution is -0.124. The SMILES string of the molecule is CCC(CC)(CC)C(C=O)C=O. The van der Waals surface area contributed by atoms with Gasteiger partial charge in [0.1, 0.15) is 12.6 Å². The van der Waals surface area contributed by atoms with Crippen molar-refractivity contribution in [3.8, 4) is 0 Å². The Labute approximate surface area is 74.3 Å². The molecule has 12 heavy (non-hydrogen) atoms. The van der Waals surface area contributed by atoms with Crippen molar-refractivity contribution in [3.63, 3.8) is 0 Å². The average Bonchev–Trinajstić information content (AvgIpc) is 2.14. The van der Waals surface area contributed by atoms with Crippen molar-refractivity contribution >= 4 is 12.6 Å². The highest BCUT2D eigenvalue weighted by molar-refractivity contribution is 5.78. The van der Waals surface area contributed by atoms with Gasteiger partial charge in [0.05, 0.1) is 5.92 Å². The Hall–Kier alpha value is -0.660. The third-order valence-corrected chi connectivity index (χ3v) is 3.11. The van der Waals surface area contributed by atoms with E-state index in [2.05, 4.69) is 0 Å².